The maximum Gasteiger partial charge on any atom is 0.275 e. The Morgan fingerprint density at radius 1 is 1.29 bits per heavy atom. The van der Waals surface area contributed by atoms with Crippen LogP contribution < -0.4 is 16.6 Å². The second-order valence-electron chi connectivity index (χ2n) is 7.42. The van der Waals surface area contributed by atoms with Crippen molar-refractivity contribution in [3.63, 3.8) is 0 Å². The van der Waals surface area contributed by atoms with Gasteiger partial charge in [0.1, 0.15) is 11.5 Å². The van der Waals surface area contributed by atoms with E-state index in [-0.39, 0.29) is 37.6 Å². The molecule has 34 heavy (non-hydrogen) atoms. The van der Waals surface area contributed by atoms with Gasteiger partial charge in [-0.05, 0) is 43.2 Å². The first kappa shape index (κ1) is 13.7. The molecule has 0 fully saturated rings. The number of rotatable bonds is 5. The Balaban J connectivity index is 2.13. The highest BCUT2D eigenvalue weighted by atomic mass is 35.5. The normalized spacial score (nSPS) is 18.6. The van der Waals surface area contributed by atoms with Crippen molar-refractivity contribution in [3.05, 3.63) is 68.6 Å². The Labute approximate surface area is 214 Å². The van der Waals surface area contributed by atoms with Gasteiger partial charge in [0, 0.05) is 33.3 Å². The number of aromatic nitrogens is 4. The molecule has 11 heteroatoms. The largest absolute Gasteiger partial charge is 0.377 e. The molecule has 4 aromatic rings. The van der Waals surface area contributed by atoms with Gasteiger partial charge >= 0.3 is 0 Å². The van der Waals surface area contributed by atoms with E-state index < -0.39 is 60.6 Å². The fraction of sp³-hybridized carbons (Fsp3) is 0.261. The molecule has 3 aromatic heterocycles. The zero-order valence-electron chi connectivity index (χ0n) is 27.8. The minimum absolute atomic E-state index is 0.00590. The molecule has 0 bridgehead atoms. The van der Waals surface area contributed by atoms with Gasteiger partial charge in [-0.3, -0.25) is 23.4 Å². The zero-order chi connectivity index (χ0) is 33.3. The number of nitrogens with zero attached hydrogens (tertiary/aromatic N) is 5. The SMILES string of the molecule is [2H]C(C)(Nc1ccc(Cl)nc1C(N)=O)c1cc(C)cc2c(=O)n(C([2H])([2H])[2H])c3c(C(=O)N(C([2H])([2H])[2H])C([2H])([2H])[2H])ncn3c12. The number of hydrogen-bond donors (Lipinski definition) is 2. The molecule has 0 spiro atoms. The van der Waals surface area contributed by atoms with E-state index in [1.807, 2.05) is 0 Å². The topological polar surface area (TPSA) is 128 Å². The third-order valence-corrected chi connectivity index (χ3v) is 5.32. The first-order valence-electron chi connectivity index (χ1n) is 14.6. The summed E-state index contributed by atoms with van der Waals surface area (Å²) >= 11 is 5.90. The highest BCUT2D eigenvalue weighted by Crippen LogP contribution is 2.30. The van der Waals surface area contributed by atoms with Crippen LogP contribution in [-0.2, 0) is 6.98 Å². The lowest BCUT2D eigenvalue weighted by molar-refractivity contribution is 0.0823. The van der Waals surface area contributed by atoms with E-state index in [1.165, 1.54) is 31.2 Å². The molecule has 0 aliphatic rings. The molecule has 1 unspecified atom stereocenters. The van der Waals surface area contributed by atoms with Crippen LogP contribution in [0.25, 0.3) is 16.6 Å². The van der Waals surface area contributed by atoms with Crippen LogP contribution in [0.15, 0.2) is 35.4 Å². The number of benzene rings is 1. The molecular formula is C23H24ClN7O3. The molecule has 4 rings (SSSR count). The summed E-state index contributed by atoms with van der Waals surface area (Å²) in [7, 11) is 0. The summed E-state index contributed by atoms with van der Waals surface area (Å²) in [5, 5.41) is 2.53. The van der Waals surface area contributed by atoms with E-state index >= 15 is 0 Å². The third kappa shape index (κ3) is 3.75. The first-order chi connectivity index (χ1) is 20.0. The number of anilines is 1. The molecule has 3 heterocycles. The third-order valence-electron chi connectivity index (χ3n) is 5.11. The summed E-state index contributed by atoms with van der Waals surface area (Å²) in [6.45, 7) is -7.35. The van der Waals surface area contributed by atoms with Gasteiger partial charge in [-0.1, -0.05) is 17.7 Å². The highest BCUT2D eigenvalue weighted by Gasteiger charge is 2.24. The molecule has 0 saturated heterocycles. The number of nitrogens with one attached hydrogen (secondary N) is 1. The molecular weight excluding hydrogens is 458 g/mol. The van der Waals surface area contributed by atoms with Crippen molar-refractivity contribution >= 4 is 45.7 Å². The van der Waals surface area contributed by atoms with Crippen molar-refractivity contribution in [3.8, 4) is 0 Å². The monoisotopic (exact) mass is 491 g/mol. The smallest absolute Gasteiger partial charge is 0.275 e. The standard InChI is InChI=1S/C23H24ClN7O3/c1-11-8-13(12(2)27-15-6-7-16(24)28-17(15)20(25)32)19-14(9-11)22(33)30(5)21-18(23(34)29(3)4)26-10-31(19)21/h6-10,12,27H,1-5H3,(H2,25,32)/i3D3,4D3,5D3,12D. The van der Waals surface area contributed by atoms with Crippen molar-refractivity contribution in [2.24, 2.45) is 12.7 Å². The maximum atomic E-state index is 13.8. The fourth-order valence-corrected chi connectivity index (χ4v) is 3.82. The van der Waals surface area contributed by atoms with Crippen LogP contribution in [0.1, 0.15) is 58.8 Å². The lowest BCUT2D eigenvalue weighted by atomic mass is 10.0. The van der Waals surface area contributed by atoms with E-state index in [0.29, 0.717) is 5.56 Å². The Morgan fingerprint density at radius 3 is 2.74 bits per heavy atom. The second kappa shape index (κ2) is 8.45. The van der Waals surface area contributed by atoms with Crippen LogP contribution in [0.5, 0.6) is 0 Å². The number of carbonyl (C=O) groups excluding carboxylic acids is 2. The maximum absolute atomic E-state index is 13.8. The lowest BCUT2D eigenvalue weighted by Gasteiger charge is -2.21. The molecule has 0 aliphatic heterocycles. The number of carbonyl (C=O) groups is 2. The molecule has 1 atom stereocenters. The van der Waals surface area contributed by atoms with E-state index in [9.17, 15) is 15.8 Å². The Morgan fingerprint density at radius 2 is 2.06 bits per heavy atom. The average molecular weight is 492 g/mol. The van der Waals surface area contributed by atoms with Crippen LogP contribution in [0, 0.1) is 6.92 Å². The Kier molecular flexibility index (Phi) is 3.41. The van der Waals surface area contributed by atoms with Crippen molar-refractivity contribution in [1.82, 2.24) is 23.8 Å². The number of pyridine rings is 1. The van der Waals surface area contributed by atoms with Crippen molar-refractivity contribution in [1.29, 1.82) is 0 Å². The van der Waals surface area contributed by atoms with E-state index in [4.69, 9.17) is 29.7 Å². The molecule has 176 valence electrons. The van der Waals surface area contributed by atoms with Gasteiger partial charge in [0.15, 0.2) is 17.0 Å². The predicted octanol–water partition coefficient (Wildman–Crippen LogP) is 2.52. The molecule has 0 saturated carbocycles. The second-order valence-corrected chi connectivity index (χ2v) is 7.81. The number of imidazole rings is 1. The summed E-state index contributed by atoms with van der Waals surface area (Å²) in [6.07, 6.45) is 0.914. The van der Waals surface area contributed by atoms with Gasteiger partial charge in [0.05, 0.1) is 24.0 Å². The predicted molar refractivity (Wildman–Crippen MR) is 130 cm³/mol. The van der Waals surface area contributed by atoms with Crippen molar-refractivity contribution in [2.45, 2.75) is 19.9 Å². The quantitative estimate of drug-likeness (QED) is 0.413. The highest BCUT2D eigenvalue weighted by molar-refractivity contribution is 6.29. The molecule has 0 aliphatic carbocycles. The average Bonchev–Trinajstić information content (AvgIpc) is 3.26. The number of nitrogens with two attached hydrogens (primary N) is 1. The number of halogens is 1. The van der Waals surface area contributed by atoms with Crippen molar-refractivity contribution in [2.75, 3.05) is 19.3 Å². The molecule has 10 nitrogen and oxygen atoms in total. The summed E-state index contributed by atoms with van der Waals surface area (Å²) in [6, 6.07) is 3.57. The van der Waals surface area contributed by atoms with Crippen LogP contribution in [0.2, 0.25) is 5.15 Å². The Hall–Kier alpha value is -3.92. The van der Waals surface area contributed by atoms with Crippen LogP contribution in [0.3, 0.4) is 0 Å². The number of aryl methyl sites for hydroxylation is 2. The zero-order valence-corrected chi connectivity index (χ0v) is 18.6. The number of amides is 2. The van der Waals surface area contributed by atoms with Crippen LogP contribution in [0.4, 0.5) is 5.69 Å². The van der Waals surface area contributed by atoms with Crippen LogP contribution in [-0.4, -0.2) is 49.6 Å². The molecule has 1 aromatic carbocycles. The molecule has 3 N–H and O–H groups in total. The van der Waals surface area contributed by atoms with Gasteiger partial charge in [-0.15, -0.1) is 0 Å². The number of fused-ring (bicyclic) bond motifs is 3. The van der Waals surface area contributed by atoms with Gasteiger partial charge in [0.2, 0.25) is 0 Å². The first-order valence-corrected chi connectivity index (χ1v) is 10.0. The van der Waals surface area contributed by atoms with E-state index in [1.54, 1.807) is 6.92 Å². The van der Waals surface area contributed by atoms with Gasteiger partial charge in [-0.2, -0.15) is 0 Å². The minimum atomic E-state index is -3.50. The molecule has 0 radical (unpaired) electrons. The van der Waals surface area contributed by atoms with Crippen molar-refractivity contribution < 1.29 is 23.3 Å². The van der Waals surface area contributed by atoms with Gasteiger partial charge in [0.25, 0.3) is 17.4 Å². The fourth-order valence-electron chi connectivity index (χ4n) is 3.67. The van der Waals surface area contributed by atoms with E-state index in [0.717, 1.165) is 10.7 Å². The van der Waals surface area contributed by atoms with Crippen LogP contribution >= 0.6 is 11.6 Å². The summed E-state index contributed by atoms with van der Waals surface area (Å²) in [4.78, 5) is 46.7. The van der Waals surface area contributed by atoms with Gasteiger partial charge < -0.3 is 16.0 Å². The number of primary amides is 1. The summed E-state index contributed by atoms with van der Waals surface area (Å²) in [5.41, 5.74) is 2.59. The molecule has 2 amide bonds. The lowest BCUT2D eigenvalue weighted by Crippen LogP contribution is -2.26. The minimum Gasteiger partial charge on any atom is -0.377 e. The Bertz CT molecular complexity index is 1880. The summed E-state index contributed by atoms with van der Waals surface area (Å²) in [5.74, 6) is -2.66. The van der Waals surface area contributed by atoms with Gasteiger partial charge in [-0.25, -0.2) is 9.97 Å². The number of hydrogen-bond acceptors (Lipinski definition) is 6. The van der Waals surface area contributed by atoms with E-state index in [2.05, 4.69) is 15.3 Å². The summed E-state index contributed by atoms with van der Waals surface area (Å²) < 4.78 is 80.4.